The summed E-state index contributed by atoms with van der Waals surface area (Å²) in [6.45, 7) is 6.42. The van der Waals surface area contributed by atoms with Crippen molar-refractivity contribution in [3.05, 3.63) is 60.2 Å². The van der Waals surface area contributed by atoms with Crippen molar-refractivity contribution in [1.29, 1.82) is 0 Å². The molecular weight excluding hydrogens is 306 g/mol. The Hall–Kier alpha value is -1.94. The molecule has 0 radical (unpaired) electrons. The third kappa shape index (κ3) is 5.99. The van der Waals surface area contributed by atoms with Crippen molar-refractivity contribution in [3.8, 4) is 5.75 Å². The molecule has 2 aromatic rings. The molecule has 0 unspecified atom stereocenters. The molecule has 3 nitrogen and oxygen atoms in total. The summed E-state index contributed by atoms with van der Waals surface area (Å²) in [5.74, 6) is 0.868. The predicted molar refractivity (Wildman–Crippen MR) is 95.8 cm³/mol. The first kappa shape index (κ1) is 17.4. The van der Waals surface area contributed by atoms with E-state index in [2.05, 4.69) is 5.32 Å². The standard InChI is InChI=1S/C19H23NO2S/c1-14(2)22-17-9-7-8-16(12-17)13-20-19(21)15(3)23-18-10-5-4-6-11-18/h4-12,14-15H,13H2,1-3H3,(H,20,21)/t15-/m0/s1. The van der Waals surface area contributed by atoms with Gasteiger partial charge in [-0.05, 0) is 50.6 Å². The van der Waals surface area contributed by atoms with Crippen LogP contribution >= 0.6 is 11.8 Å². The van der Waals surface area contributed by atoms with Crippen LogP contribution in [0.1, 0.15) is 26.3 Å². The summed E-state index contributed by atoms with van der Waals surface area (Å²) in [6.07, 6.45) is 0.141. The monoisotopic (exact) mass is 329 g/mol. The fraction of sp³-hybridized carbons (Fsp3) is 0.316. The van der Waals surface area contributed by atoms with Crippen LogP contribution in [0, 0.1) is 0 Å². The molecule has 122 valence electrons. The van der Waals surface area contributed by atoms with E-state index >= 15 is 0 Å². The highest BCUT2D eigenvalue weighted by atomic mass is 32.2. The Balaban J connectivity index is 1.86. The topological polar surface area (TPSA) is 38.3 Å². The van der Waals surface area contributed by atoms with E-state index in [1.54, 1.807) is 11.8 Å². The quantitative estimate of drug-likeness (QED) is 0.771. The molecule has 1 N–H and O–H groups in total. The van der Waals surface area contributed by atoms with Gasteiger partial charge in [0.05, 0.1) is 11.4 Å². The molecule has 0 aromatic heterocycles. The maximum Gasteiger partial charge on any atom is 0.233 e. The lowest BCUT2D eigenvalue weighted by atomic mass is 10.2. The van der Waals surface area contributed by atoms with E-state index in [4.69, 9.17) is 4.74 Å². The summed E-state index contributed by atoms with van der Waals surface area (Å²) in [7, 11) is 0. The summed E-state index contributed by atoms with van der Waals surface area (Å²) >= 11 is 1.56. The largest absolute Gasteiger partial charge is 0.491 e. The number of ether oxygens (including phenoxy) is 1. The average molecular weight is 329 g/mol. The number of hydrogen-bond acceptors (Lipinski definition) is 3. The van der Waals surface area contributed by atoms with Gasteiger partial charge in [0.15, 0.2) is 0 Å². The molecule has 0 saturated heterocycles. The minimum atomic E-state index is -0.132. The van der Waals surface area contributed by atoms with Crippen LogP contribution in [0.4, 0.5) is 0 Å². The predicted octanol–water partition coefficient (Wildman–Crippen LogP) is 4.27. The lowest BCUT2D eigenvalue weighted by Crippen LogP contribution is -2.30. The maximum absolute atomic E-state index is 12.2. The SMILES string of the molecule is CC(C)Oc1cccc(CNC(=O)[C@H](C)Sc2ccccc2)c1. The molecule has 23 heavy (non-hydrogen) atoms. The highest BCUT2D eigenvalue weighted by molar-refractivity contribution is 8.00. The average Bonchev–Trinajstić information content (AvgIpc) is 2.53. The van der Waals surface area contributed by atoms with Gasteiger partial charge in [-0.2, -0.15) is 0 Å². The summed E-state index contributed by atoms with van der Waals surface area (Å²) in [4.78, 5) is 13.3. The van der Waals surface area contributed by atoms with Crippen molar-refractivity contribution in [2.75, 3.05) is 0 Å². The zero-order valence-corrected chi connectivity index (χ0v) is 14.6. The number of carbonyl (C=O) groups is 1. The third-order valence-corrected chi connectivity index (χ3v) is 4.27. The second kappa shape index (κ2) is 8.63. The van der Waals surface area contributed by atoms with Gasteiger partial charge < -0.3 is 10.1 Å². The van der Waals surface area contributed by atoms with E-state index in [0.717, 1.165) is 16.2 Å². The molecule has 0 aliphatic carbocycles. The first-order valence-electron chi connectivity index (χ1n) is 7.79. The van der Waals surface area contributed by atoms with Gasteiger partial charge >= 0.3 is 0 Å². The van der Waals surface area contributed by atoms with E-state index in [-0.39, 0.29) is 17.3 Å². The molecule has 1 amide bonds. The van der Waals surface area contributed by atoms with Gasteiger partial charge in [0.1, 0.15) is 5.75 Å². The van der Waals surface area contributed by atoms with Crippen LogP contribution in [0.2, 0.25) is 0 Å². The summed E-state index contributed by atoms with van der Waals surface area (Å²) in [5.41, 5.74) is 1.04. The number of amides is 1. The number of thioether (sulfide) groups is 1. The molecule has 0 spiro atoms. The molecule has 0 heterocycles. The van der Waals surface area contributed by atoms with E-state index in [9.17, 15) is 4.79 Å². The van der Waals surface area contributed by atoms with E-state index in [1.165, 1.54) is 0 Å². The molecule has 0 saturated carbocycles. The Morgan fingerprint density at radius 2 is 1.83 bits per heavy atom. The lowest BCUT2D eigenvalue weighted by Gasteiger charge is -2.13. The molecule has 2 aromatic carbocycles. The first-order valence-corrected chi connectivity index (χ1v) is 8.67. The molecule has 4 heteroatoms. The lowest BCUT2D eigenvalue weighted by molar-refractivity contribution is -0.120. The van der Waals surface area contributed by atoms with Crippen LogP contribution in [0.25, 0.3) is 0 Å². The Bertz CT molecular complexity index is 628. The van der Waals surface area contributed by atoms with Gasteiger partial charge in [0.2, 0.25) is 5.91 Å². The number of rotatable bonds is 7. The van der Waals surface area contributed by atoms with Gasteiger partial charge in [-0.15, -0.1) is 11.8 Å². The molecule has 0 bridgehead atoms. The van der Waals surface area contributed by atoms with Gasteiger partial charge in [-0.3, -0.25) is 4.79 Å². The maximum atomic E-state index is 12.2. The van der Waals surface area contributed by atoms with Crippen molar-refractivity contribution in [2.24, 2.45) is 0 Å². The Kier molecular flexibility index (Phi) is 6.53. The van der Waals surface area contributed by atoms with Gasteiger partial charge in [-0.1, -0.05) is 30.3 Å². The third-order valence-electron chi connectivity index (χ3n) is 3.16. The van der Waals surface area contributed by atoms with Crippen molar-refractivity contribution >= 4 is 17.7 Å². The van der Waals surface area contributed by atoms with Crippen molar-refractivity contribution in [2.45, 2.75) is 43.6 Å². The Morgan fingerprint density at radius 1 is 1.09 bits per heavy atom. The van der Waals surface area contributed by atoms with Crippen molar-refractivity contribution < 1.29 is 9.53 Å². The fourth-order valence-corrected chi connectivity index (χ4v) is 3.00. The van der Waals surface area contributed by atoms with Crippen LogP contribution in [-0.2, 0) is 11.3 Å². The minimum Gasteiger partial charge on any atom is -0.491 e. The molecule has 1 atom stereocenters. The van der Waals surface area contributed by atoms with Crippen molar-refractivity contribution in [3.63, 3.8) is 0 Å². The zero-order valence-electron chi connectivity index (χ0n) is 13.8. The van der Waals surface area contributed by atoms with Crippen molar-refractivity contribution in [1.82, 2.24) is 5.32 Å². The summed E-state index contributed by atoms with van der Waals surface area (Å²) in [6, 6.07) is 17.8. The molecule has 0 aliphatic heterocycles. The Morgan fingerprint density at radius 3 is 2.52 bits per heavy atom. The highest BCUT2D eigenvalue weighted by Crippen LogP contribution is 2.22. The van der Waals surface area contributed by atoms with E-state index in [1.807, 2.05) is 75.4 Å². The Labute approximate surface area is 142 Å². The van der Waals surface area contributed by atoms with Crippen LogP contribution < -0.4 is 10.1 Å². The van der Waals surface area contributed by atoms with E-state index in [0.29, 0.717) is 6.54 Å². The normalized spacial score (nSPS) is 12.0. The second-order valence-electron chi connectivity index (χ2n) is 5.60. The van der Waals surface area contributed by atoms with Gasteiger partial charge in [0.25, 0.3) is 0 Å². The minimum absolute atomic E-state index is 0.0361. The molecular formula is C19H23NO2S. The summed E-state index contributed by atoms with van der Waals surface area (Å²) in [5, 5.41) is 2.85. The number of carbonyl (C=O) groups excluding carboxylic acids is 1. The second-order valence-corrected chi connectivity index (χ2v) is 7.02. The molecule has 0 aliphatic rings. The zero-order chi connectivity index (χ0) is 16.7. The van der Waals surface area contributed by atoms with Crippen LogP contribution in [0.15, 0.2) is 59.5 Å². The first-order chi connectivity index (χ1) is 11.0. The van der Waals surface area contributed by atoms with Gasteiger partial charge in [-0.25, -0.2) is 0 Å². The number of hydrogen-bond donors (Lipinski definition) is 1. The number of nitrogens with one attached hydrogen (secondary N) is 1. The summed E-state index contributed by atoms with van der Waals surface area (Å²) < 4.78 is 5.67. The van der Waals surface area contributed by atoms with E-state index < -0.39 is 0 Å². The number of benzene rings is 2. The molecule has 0 fully saturated rings. The fourth-order valence-electron chi connectivity index (χ4n) is 2.09. The van der Waals surface area contributed by atoms with Crippen LogP contribution in [-0.4, -0.2) is 17.3 Å². The van der Waals surface area contributed by atoms with Gasteiger partial charge in [0, 0.05) is 11.4 Å². The van der Waals surface area contributed by atoms with Crippen LogP contribution in [0.5, 0.6) is 5.75 Å². The smallest absolute Gasteiger partial charge is 0.233 e. The molecule has 2 rings (SSSR count). The highest BCUT2D eigenvalue weighted by Gasteiger charge is 2.13. The van der Waals surface area contributed by atoms with Crippen LogP contribution in [0.3, 0.4) is 0 Å².